The van der Waals surface area contributed by atoms with Gasteiger partial charge in [-0.25, -0.2) is 4.98 Å². The minimum Gasteiger partial charge on any atom is -0.496 e. The largest absolute Gasteiger partial charge is 0.496 e. The SMILES string of the molecule is COc1ccc(OC)c2nc(N3CCCC3)c(CN(Cc3ccco3)C(=O)c3cc(C)nn3C)cc12. The molecule has 1 fully saturated rings. The number of rotatable bonds is 8. The van der Waals surface area contributed by atoms with Gasteiger partial charge in [0.15, 0.2) is 0 Å². The number of carbonyl (C=O) groups is 1. The van der Waals surface area contributed by atoms with Crippen molar-refractivity contribution < 1.29 is 18.7 Å². The van der Waals surface area contributed by atoms with Crippen molar-refractivity contribution in [3.05, 3.63) is 65.4 Å². The molecule has 188 valence electrons. The Kier molecular flexibility index (Phi) is 6.54. The number of ether oxygens (including phenoxy) is 2. The second kappa shape index (κ2) is 9.93. The van der Waals surface area contributed by atoms with E-state index in [9.17, 15) is 4.79 Å². The van der Waals surface area contributed by atoms with Gasteiger partial charge in [-0.1, -0.05) is 0 Å². The van der Waals surface area contributed by atoms with E-state index in [4.69, 9.17) is 18.9 Å². The van der Waals surface area contributed by atoms with Gasteiger partial charge in [-0.15, -0.1) is 0 Å². The number of anilines is 1. The number of benzene rings is 1. The minimum absolute atomic E-state index is 0.125. The molecule has 0 aliphatic carbocycles. The van der Waals surface area contributed by atoms with E-state index in [1.54, 1.807) is 37.1 Å². The number of aryl methyl sites for hydroxylation is 2. The van der Waals surface area contributed by atoms with Crippen LogP contribution in [0.3, 0.4) is 0 Å². The highest BCUT2D eigenvalue weighted by Gasteiger charge is 2.26. The lowest BCUT2D eigenvalue weighted by atomic mass is 10.1. The number of carbonyl (C=O) groups excluding carboxylic acids is 1. The van der Waals surface area contributed by atoms with Gasteiger partial charge in [-0.2, -0.15) is 5.10 Å². The van der Waals surface area contributed by atoms with E-state index in [0.717, 1.165) is 53.9 Å². The second-order valence-corrected chi connectivity index (χ2v) is 9.07. The Bertz CT molecular complexity index is 1370. The fourth-order valence-corrected chi connectivity index (χ4v) is 4.87. The van der Waals surface area contributed by atoms with Crippen molar-refractivity contribution in [3.8, 4) is 11.5 Å². The summed E-state index contributed by atoms with van der Waals surface area (Å²) in [7, 11) is 5.08. The van der Waals surface area contributed by atoms with Crippen LogP contribution in [-0.4, -0.2) is 52.9 Å². The molecule has 1 aliphatic heterocycles. The summed E-state index contributed by atoms with van der Waals surface area (Å²) in [6, 6.07) is 11.4. The van der Waals surface area contributed by atoms with Gasteiger partial charge >= 0.3 is 0 Å². The van der Waals surface area contributed by atoms with Crippen molar-refractivity contribution in [2.75, 3.05) is 32.2 Å². The average molecular weight is 490 g/mol. The number of furan rings is 1. The second-order valence-electron chi connectivity index (χ2n) is 9.07. The number of aromatic nitrogens is 3. The van der Waals surface area contributed by atoms with E-state index in [1.165, 1.54) is 0 Å². The maximum atomic E-state index is 13.8. The lowest BCUT2D eigenvalue weighted by Crippen LogP contribution is -2.32. The molecule has 36 heavy (non-hydrogen) atoms. The van der Waals surface area contributed by atoms with Crippen LogP contribution in [0.4, 0.5) is 5.82 Å². The molecule has 3 aromatic heterocycles. The van der Waals surface area contributed by atoms with Crippen molar-refractivity contribution >= 4 is 22.6 Å². The Hall–Kier alpha value is -4.01. The summed E-state index contributed by atoms with van der Waals surface area (Å²) in [5.74, 6) is 2.84. The molecule has 9 nitrogen and oxygen atoms in total. The fourth-order valence-electron chi connectivity index (χ4n) is 4.87. The maximum absolute atomic E-state index is 13.8. The van der Waals surface area contributed by atoms with Crippen LogP contribution in [0.2, 0.25) is 0 Å². The molecule has 1 amide bonds. The van der Waals surface area contributed by atoms with Gasteiger partial charge in [-0.05, 0) is 56.2 Å². The zero-order chi connectivity index (χ0) is 25.2. The molecule has 0 saturated carbocycles. The molecule has 9 heteroatoms. The summed E-state index contributed by atoms with van der Waals surface area (Å²) in [5, 5.41) is 5.22. The topological polar surface area (TPSA) is 85.9 Å². The summed E-state index contributed by atoms with van der Waals surface area (Å²) < 4.78 is 18.5. The van der Waals surface area contributed by atoms with E-state index in [2.05, 4.69) is 16.1 Å². The smallest absolute Gasteiger partial charge is 0.272 e. The van der Waals surface area contributed by atoms with Gasteiger partial charge < -0.3 is 23.7 Å². The number of hydrogen-bond acceptors (Lipinski definition) is 7. The fraction of sp³-hybridized carbons (Fsp3) is 0.370. The summed E-state index contributed by atoms with van der Waals surface area (Å²) in [6.07, 6.45) is 3.84. The van der Waals surface area contributed by atoms with Crippen LogP contribution < -0.4 is 14.4 Å². The predicted molar refractivity (Wildman–Crippen MR) is 137 cm³/mol. The van der Waals surface area contributed by atoms with Crippen LogP contribution in [0.5, 0.6) is 11.5 Å². The summed E-state index contributed by atoms with van der Waals surface area (Å²) in [6.45, 7) is 4.39. The van der Waals surface area contributed by atoms with E-state index in [0.29, 0.717) is 36.0 Å². The number of pyridine rings is 1. The molecule has 1 saturated heterocycles. The number of fused-ring (bicyclic) bond motifs is 1. The third-order valence-corrected chi connectivity index (χ3v) is 6.61. The van der Waals surface area contributed by atoms with E-state index in [-0.39, 0.29) is 5.91 Å². The van der Waals surface area contributed by atoms with Gasteiger partial charge in [0.25, 0.3) is 5.91 Å². The highest BCUT2D eigenvalue weighted by Crippen LogP contribution is 2.37. The van der Waals surface area contributed by atoms with Gasteiger partial charge in [0.2, 0.25) is 0 Å². The van der Waals surface area contributed by atoms with Gasteiger partial charge in [0, 0.05) is 31.1 Å². The molecule has 1 aromatic carbocycles. The van der Waals surface area contributed by atoms with Crippen LogP contribution >= 0.6 is 0 Å². The Morgan fingerprint density at radius 3 is 2.47 bits per heavy atom. The highest BCUT2D eigenvalue weighted by atomic mass is 16.5. The first-order valence-corrected chi connectivity index (χ1v) is 12.1. The molecule has 0 N–H and O–H groups in total. The Labute approximate surface area is 210 Å². The van der Waals surface area contributed by atoms with Crippen molar-refractivity contribution in [2.24, 2.45) is 7.05 Å². The summed E-state index contributed by atoms with van der Waals surface area (Å²) >= 11 is 0. The molecule has 1 aliphatic rings. The van der Waals surface area contributed by atoms with E-state index >= 15 is 0 Å². The van der Waals surface area contributed by atoms with Crippen LogP contribution in [-0.2, 0) is 20.1 Å². The van der Waals surface area contributed by atoms with Gasteiger partial charge in [0.1, 0.15) is 34.3 Å². The Morgan fingerprint density at radius 1 is 1.08 bits per heavy atom. The molecule has 4 heterocycles. The van der Waals surface area contributed by atoms with Gasteiger partial charge in [0.05, 0.1) is 39.3 Å². The number of amides is 1. The zero-order valence-electron chi connectivity index (χ0n) is 21.2. The van der Waals surface area contributed by atoms with Crippen molar-refractivity contribution in [3.63, 3.8) is 0 Å². The van der Waals surface area contributed by atoms with Crippen LogP contribution in [0.1, 0.15) is 40.3 Å². The normalized spacial score (nSPS) is 13.4. The first-order chi connectivity index (χ1) is 17.5. The molecule has 0 radical (unpaired) electrons. The number of hydrogen-bond donors (Lipinski definition) is 0. The first kappa shape index (κ1) is 23.7. The highest BCUT2D eigenvalue weighted by molar-refractivity contribution is 5.94. The van der Waals surface area contributed by atoms with Gasteiger partial charge in [-0.3, -0.25) is 9.48 Å². The molecule has 5 rings (SSSR count). The number of nitrogens with zero attached hydrogens (tertiary/aromatic N) is 5. The predicted octanol–water partition coefficient (Wildman–Crippen LogP) is 4.33. The maximum Gasteiger partial charge on any atom is 0.272 e. The molecule has 0 atom stereocenters. The van der Waals surface area contributed by atoms with E-state index in [1.807, 2.05) is 37.3 Å². The molecule has 4 aromatic rings. The Morgan fingerprint density at radius 2 is 1.83 bits per heavy atom. The zero-order valence-corrected chi connectivity index (χ0v) is 21.2. The molecular weight excluding hydrogens is 458 g/mol. The van der Waals surface area contributed by atoms with Crippen molar-refractivity contribution in [1.82, 2.24) is 19.7 Å². The monoisotopic (exact) mass is 489 g/mol. The van der Waals surface area contributed by atoms with Crippen molar-refractivity contribution in [2.45, 2.75) is 32.9 Å². The minimum atomic E-state index is -0.125. The quantitative estimate of drug-likeness (QED) is 0.364. The molecular formula is C27H31N5O4. The van der Waals surface area contributed by atoms with Crippen LogP contribution in [0.25, 0.3) is 10.9 Å². The third kappa shape index (κ3) is 4.48. The molecule has 0 bridgehead atoms. The van der Waals surface area contributed by atoms with Crippen molar-refractivity contribution in [1.29, 1.82) is 0 Å². The first-order valence-electron chi connectivity index (χ1n) is 12.1. The standard InChI is InChI=1S/C27H31N5O4/c1-18-14-22(30(2)29-18)27(33)32(17-20-8-7-13-36-20)16-19-15-21-23(34-3)9-10-24(35-4)25(21)28-26(19)31-11-5-6-12-31/h7-10,13-15H,5-6,11-12,16-17H2,1-4H3. The number of methoxy groups -OCH3 is 2. The molecule has 0 unspecified atom stereocenters. The van der Waals surface area contributed by atoms with Crippen LogP contribution in [0, 0.1) is 6.92 Å². The van der Waals surface area contributed by atoms with E-state index < -0.39 is 0 Å². The van der Waals surface area contributed by atoms with Crippen LogP contribution in [0.15, 0.2) is 47.1 Å². The summed E-state index contributed by atoms with van der Waals surface area (Å²) in [4.78, 5) is 22.9. The lowest BCUT2D eigenvalue weighted by Gasteiger charge is -2.26. The molecule has 0 spiro atoms. The Balaban J connectivity index is 1.62. The summed E-state index contributed by atoms with van der Waals surface area (Å²) in [5.41, 5.74) is 3.00. The average Bonchev–Trinajstić information content (AvgIpc) is 3.65. The third-order valence-electron chi connectivity index (χ3n) is 6.61. The lowest BCUT2D eigenvalue weighted by molar-refractivity contribution is 0.0706.